The van der Waals surface area contributed by atoms with Gasteiger partial charge in [-0.25, -0.2) is 0 Å². The molecular weight excluding hydrogens is 292 g/mol. The molecule has 3 N–H and O–H groups in total. The number of halogens is 1. The summed E-state index contributed by atoms with van der Waals surface area (Å²) in [6, 6.07) is 4.30. The van der Waals surface area contributed by atoms with E-state index in [2.05, 4.69) is 21.2 Å². The van der Waals surface area contributed by atoms with Crippen molar-refractivity contribution < 1.29 is 15.1 Å². The number of aliphatic hydroxyl groups excluding tert-OH is 2. The fourth-order valence-electron chi connectivity index (χ4n) is 1.28. The summed E-state index contributed by atoms with van der Waals surface area (Å²) in [5.41, 5.74) is 0.694. The largest absolute Gasteiger partial charge is 0.395 e. The molecule has 0 bridgehead atoms. The van der Waals surface area contributed by atoms with Crippen LogP contribution >= 0.6 is 15.9 Å². The fourth-order valence-corrected chi connectivity index (χ4v) is 1.83. The van der Waals surface area contributed by atoms with Gasteiger partial charge >= 0.3 is 0 Å². The number of nitro benzene ring substituents is 1. The van der Waals surface area contributed by atoms with Crippen LogP contribution in [0.3, 0.4) is 0 Å². The highest BCUT2D eigenvalue weighted by Gasteiger charge is 2.15. The molecule has 0 heterocycles. The molecule has 0 spiro atoms. The van der Waals surface area contributed by atoms with E-state index in [0.29, 0.717) is 16.6 Å². The number of hydrogen-bond donors (Lipinski definition) is 3. The molecule has 17 heavy (non-hydrogen) atoms. The minimum Gasteiger partial charge on any atom is -0.395 e. The van der Waals surface area contributed by atoms with Gasteiger partial charge in [0, 0.05) is 12.6 Å². The number of aliphatic hydroxyl groups is 2. The highest BCUT2D eigenvalue weighted by molar-refractivity contribution is 9.10. The first kappa shape index (κ1) is 14.0. The van der Waals surface area contributed by atoms with Crippen LogP contribution in [0.25, 0.3) is 0 Å². The van der Waals surface area contributed by atoms with E-state index in [1.165, 1.54) is 6.07 Å². The van der Waals surface area contributed by atoms with Crippen LogP contribution in [0.4, 0.5) is 5.69 Å². The van der Waals surface area contributed by atoms with Crippen molar-refractivity contribution in [2.24, 2.45) is 0 Å². The maximum Gasteiger partial charge on any atom is 0.283 e. The van der Waals surface area contributed by atoms with Crippen molar-refractivity contribution >= 4 is 21.6 Å². The Balaban J connectivity index is 2.78. The van der Waals surface area contributed by atoms with E-state index in [9.17, 15) is 10.1 Å². The van der Waals surface area contributed by atoms with E-state index >= 15 is 0 Å². The molecule has 0 aliphatic carbocycles. The molecule has 0 amide bonds. The van der Waals surface area contributed by atoms with Crippen LogP contribution in [-0.4, -0.2) is 34.4 Å². The first-order chi connectivity index (χ1) is 8.10. The molecule has 7 heteroatoms. The SMILES string of the molecule is O=[N+]([O-])c1cccc(CNC(CO)CO)c1Br. The third kappa shape index (κ3) is 3.74. The number of nitrogens with zero attached hydrogens (tertiary/aromatic N) is 1. The molecule has 0 radical (unpaired) electrons. The highest BCUT2D eigenvalue weighted by atomic mass is 79.9. The smallest absolute Gasteiger partial charge is 0.283 e. The lowest BCUT2D eigenvalue weighted by atomic mass is 10.2. The number of benzene rings is 1. The Morgan fingerprint density at radius 2 is 2.06 bits per heavy atom. The molecule has 94 valence electrons. The number of nitro groups is 1. The van der Waals surface area contributed by atoms with Gasteiger partial charge in [0.05, 0.1) is 28.7 Å². The zero-order chi connectivity index (χ0) is 12.8. The van der Waals surface area contributed by atoms with Crippen LogP contribution in [-0.2, 0) is 6.54 Å². The lowest BCUT2D eigenvalue weighted by molar-refractivity contribution is -0.385. The number of rotatable bonds is 6. The van der Waals surface area contributed by atoms with Crippen LogP contribution in [0.15, 0.2) is 22.7 Å². The minimum atomic E-state index is -0.469. The zero-order valence-corrected chi connectivity index (χ0v) is 10.6. The van der Waals surface area contributed by atoms with Gasteiger partial charge in [-0.15, -0.1) is 0 Å². The topological polar surface area (TPSA) is 95.6 Å². The fraction of sp³-hybridized carbons (Fsp3) is 0.400. The van der Waals surface area contributed by atoms with Crippen LogP contribution in [0.2, 0.25) is 0 Å². The van der Waals surface area contributed by atoms with Gasteiger partial charge in [0.1, 0.15) is 0 Å². The second-order valence-corrected chi connectivity index (χ2v) is 4.24. The van der Waals surface area contributed by atoms with Crippen molar-refractivity contribution in [1.82, 2.24) is 5.32 Å². The Morgan fingerprint density at radius 3 is 2.59 bits per heavy atom. The van der Waals surface area contributed by atoms with E-state index in [4.69, 9.17) is 10.2 Å². The maximum absolute atomic E-state index is 10.7. The van der Waals surface area contributed by atoms with Crippen molar-refractivity contribution in [1.29, 1.82) is 0 Å². The third-order valence-electron chi connectivity index (χ3n) is 2.28. The summed E-state index contributed by atoms with van der Waals surface area (Å²) in [5, 5.41) is 31.3. The summed E-state index contributed by atoms with van der Waals surface area (Å²) in [5.74, 6) is 0. The van der Waals surface area contributed by atoms with Crippen LogP contribution in [0.5, 0.6) is 0 Å². The molecule has 0 aromatic heterocycles. The van der Waals surface area contributed by atoms with Crippen molar-refractivity contribution in [2.45, 2.75) is 12.6 Å². The van der Waals surface area contributed by atoms with Gasteiger partial charge in [-0.05, 0) is 21.5 Å². The van der Waals surface area contributed by atoms with E-state index in [1.807, 2.05) is 0 Å². The first-order valence-corrected chi connectivity index (χ1v) is 5.76. The molecule has 1 aromatic rings. The van der Waals surface area contributed by atoms with E-state index in [0.717, 1.165) is 0 Å². The Morgan fingerprint density at radius 1 is 1.41 bits per heavy atom. The predicted octanol–water partition coefficient (Wildman–Crippen LogP) is 0.800. The maximum atomic E-state index is 10.7. The second kappa shape index (κ2) is 6.65. The van der Waals surface area contributed by atoms with Crippen molar-refractivity contribution in [3.63, 3.8) is 0 Å². The Labute approximate surface area is 107 Å². The Bertz CT molecular complexity index is 396. The van der Waals surface area contributed by atoms with Gasteiger partial charge in [-0.3, -0.25) is 10.1 Å². The van der Waals surface area contributed by atoms with E-state index < -0.39 is 11.0 Å². The molecule has 6 nitrogen and oxygen atoms in total. The number of nitrogens with one attached hydrogen (secondary N) is 1. The van der Waals surface area contributed by atoms with Gasteiger partial charge in [-0.1, -0.05) is 12.1 Å². The molecule has 0 saturated carbocycles. The zero-order valence-electron chi connectivity index (χ0n) is 8.97. The van der Waals surface area contributed by atoms with Gasteiger partial charge in [0.2, 0.25) is 0 Å². The molecule has 0 saturated heterocycles. The summed E-state index contributed by atoms with van der Waals surface area (Å²) in [6.45, 7) is -0.0554. The highest BCUT2D eigenvalue weighted by Crippen LogP contribution is 2.28. The molecule has 0 aliphatic rings. The molecular formula is C10H13BrN2O4. The lowest BCUT2D eigenvalue weighted by Crippen LogP contribution is -2.35. The molecule has 1 aromatic carbocycles. The van der Waals surface area contributed by atoms with E-state index in [-0.39, 0.29) is 18.9 Å². The minimum absolute atomic E-state index is 0.00570. The molecule has 0 aliphatic heterocycles. The summed E-state index contributed by atoms with van der Waals surface area (Å²) in [7, 11) is 0. The molecule has 0 fully saturated rings. The van der Waals surface area contributed by atoms with Crippen molar-refractivity contribution in [3.8, 4) is 0 Å². The van der Waals surface area contributed by atoms with Gasteiger partial charge in [0.15, 0.2) is 0 Å². The monoisotopic (exact) mass is 304 g/mol. The van der Waals surface area contributed by atoms with E-state index in [1.54, 1.807) is 12.1 Å². The summed E-state index contributed by atoms with van der Waals surface area (Å²) >= 11 is 3.17. The van der Waals surface area contributed by atoms with Gasteiger partial charge in [-0.2, -0.15) is 0 Å². The second-order valence-electron chi connectivity index (χ2n) is 3.45. The van der Waals surface area contributed by atoms with Crippen LogP contribution in [0.1, 0.15) is 5.56 Å². The summed E-state index contributed by atoms with van der Waals surface area (Å²) in [4.78, 5) is 10.2. The number of hydrogen-bond acceptors (Lipinski definition) is 5. The molecule has 0 atom stereocenters. The van der Waals surface area contributed by atoms with Crippen LogP contribution < -0.4 is 5.32 Å². The first-order valence-electron chi connectivity index (χ1n) is 4.97. The van der Waals surface area contributed by atoms with Crippen molar-refractivity contribution in [3.05, 3.63) is 38.3 Å². The molecule has 0 unspecified atom stereocenters. The molecule has 1 rings (SSSR count). The standard InChI is InChI=1S/C10H13BrN2O4/c11-10-7(4-12-8(5-14)6-15)2-1-3-9(10)13(16)17/h1-3,8,12,14-15H,4-6H2. The quantitative estimate of drug-likeness (QED) is 0.534. The lowest BCUT2D eigenvalue weighted by Gasteiger charge is -2.13. The van der Waals surface area contributed by atoms with Crippen LogP contribution in [0, 0.1) is 10.1 Å². The average Bonchev–Trinajstić information content (AvgIpc) is 2.32. The van der Waals surface area contributed by atoms with Gasteiger partial charge < -0.3 is 15.5 Å². The predicted molar refractivity (Wildman–Crippen MR) is 65.6 cm³/mol. The Hall–Kier alpha value is -1.02. The van der Waals surface area contributed by atoms with Gasteiger partial charge in [0.25, 0.3) is 5.69 Å². The summed E-state index contributed by atoms with van der Waals surface area (Å²) < 4.78 is 0.409. The normalized spacial score (nSPS) is 10.8. The summed E-state index contributed by atoms with van der Waals surface area (Å²) in [6.07, 6.45) is 0. The average molecular weight is 305 g/mol. The van der Waals surface area contributed by atoms with Crippen molar-refractivity contribution in [2.75, 3.05) is 13.2 Å². The Kier molecular flexibility index (Phi) is 5.49. The third-order valence-corrected chi connectivity index (χ3v) is 3.19.